The van der Waals surface area contributed by atoms with Crippen molar-refractivity contribution in [3.8, 4) is 11.5 Å². The monoisotopic (exact) mass is 373 g/mol. The second kappa shape index (κ2) is 7.65. The van der Waals surface area contributed by atoms with Gasteiger partial charge in [-0.05, 0) is 25.1 Å². The van der Waals surface area contributed by atoms with Gasteiger partial charge in [0.2, 0.25) is 0 Å². The quantitative estimate of drug-likeness (QED) is 0.811. The summed E-state index contributed by atoms with van der Waals surface area (Å²) in [7, 11) is 3.12. The van der Waals surface area contributed by atoms with Crippen molar-refractivity contribution >= 4 is 33.7 Å². The number of benzene rings is 1. The summed E-state index contributed by atoms with van der Waals surface area (Å²) < 4.78 is 17.3. The molecule has 0 saturated heterocycles. The summed E-state index contributed by atoms with van der Waals surface area (Å²) in [4.78, 5) is 16.2. The molecule has 0 saturated carbocycles. The van der Waals surface area contributed by atoms with Crippen LogP contribution in [0.2, 0.25) is 0 Å². The molecule has 2 aromatic rings. The van der Waals surface area contributed by atoms with E-state index in [1.54, 1.807) is 56.3 Å². The topological polar surface area (TPSA) is 86.4 Å². The summed E-state index contributed by atoms with van der Waals surface area (Å²) in [6, 6.07) is 3.49. The Morgan fingerprint density at radius 3 is 2.62 bits per heavy atom. The number of fused-ring (bicyclic) bond motifs is 1. The molecule has 26 heavy (non-hydrogen) atoms. The van der Waals surface area contributed by atoms with Gasteiger partial charge in [0.25, 0.3) is 0 Å². The molecule has 2 heterocycles. The molecule has 1 aromatic heterocycles. The van der Waals surface area contributed by atoms with E-state index in [2.05, 4.69) is 4.98 Å². The number of hydrogen-bond donors (Lipinski definition) is 1. The number of carbonyl (C=O) groups excluding carboxylic acids is 1. The first-order valence-electron chi connectivity index (χ1n) is 7.98. The normalized spacial score (nSPS) is 13.8. The lowest BCUT2D eigenvalue weighted by atomic mass is 10.2. The van der Waals surface area contributed by atoms with E-state index < -0.39 is 0 Å². The maximum absolute atomic E-state index is 11.8. The standard InChI is InChI=1S/C18H19N3O4S/c1-4-25-18(22)11-5-6-16(26-9-11)21-10-20-13-8-15(24-3)14(23-2)7-12(13)17(21)19/h5-8,10,19H,4,9H2,1-3H3. The third-order valence-corrected chi connectivity index (χ3v) is 4.97. The van der Waals surface area contributed by atoms with Gasteiger partial charge in [-0.2, -0.15) is 0 Å². The predicted octanol–water partition coefficient (Wildman–Crippen LogP) is 2.57. The van der Waals surface area contributed by atoms with Crippen LogP contribution in [0.4, 0.5) is 0 Å². The van der Waals surface area contributed by atoms with Crippen molar-refractivity contribution in [1.82, 2.24) is 9.55 Å². The summed E-state index contributed by atoms with van der Waals surface area (Å²) >= 11 is 1.46. The van der Waals surface area contributed by atoms with Crippen LogP contribution in [-0.2, 0) is 9.53 Å². The molecule has 1 aromatic carbocycles. The molecular formula is C18H19N3O4S. The van der Waals surface area contributed by atoms with Crippen LogP contribution in [0, 0.1) is 5.41 Å². The first-order valence-corrected chi connectivity index (χ1v) is 8.96. The van der Waals surface area contributed by atoms with E-state index in [1.165, 1.54) is 11.8 Å². The lowest BCUT2D eigenvalue weighted by Gasteiger charge is -2.16. The number of carbonyl (C=O) groups is 1. The van der Waals surface area contributed by atoms with Gasteiger partial charge in [-0.3, -0.25) is 9.98 Å². The second-order valence-corrected chi connectivity index (χ2v) is 6.39. The van der Waals surface area contributed by atoms with Gasteiger partial charge in [0.05, 0.1) is 31.4 Å². The molecule has 7 nitrogen and oxygen atoms in total. The van der Waals surface area contributed by atoms with E-state index >= 15 is 0 Å². The highest BCUT2D eigenvalue weighted by molar-refractivity contribution is 8.08. The molecular weight excluding hydrogens is 354 g/mol. The van der Waals surface area contributed by atoms with Gasteiger partial charge < -0.3 is 14.2 Å². The van der Waals surface area contributed by atoms with Crippen LogP contribution >= 0.6 is 11.8 Å². The van der Waals surface area contributed by atoms with Crippen LogP contribution in [0.25, 0.3) is 15.9 Å². The minimum Gasteiger partial charge on any atom is -0.493 e. The smallest absolute Gasteiger partial charge is 0.334 e. The Morgan fingerprint density at radius 2 is 2.00 bits per heavy atom. The average molecular weight is 373 g/mol. The fourth-order valence-corrected chi connectivity index (χ4v) is 3.52. The number of rotatable bonds is 5. The van der Waals surface area contributed by atoms with Crippen LogP contribution in [0.1, 0.15) is 6.92 Å². The van der Waals surface area contributed by atoms with Crippen molar-refractivity contribution in [1.29, 1.82) is 5.41 Å². The number of esters is 1. The van der Waals surface area contributed by atoms with Crippen molar-refractivity contribution in [2.45, 2.75) is 6.92 Å². The van der Waals surface area contributed by atoms with Crippen LogP contribution in [0.15, 0.2) is 36.2 Å². The minimum atomic E-state index is -0.306. The third kappa shape index (κ3) is 3.32. The molecule has 0 unspecified atom stereocenters. The summed E-state index contributed by atoms with van der Waals surface area (Å²) in [5.74, 6) is 1.29. The van der Waals surface area contributed by atoms with E-state index in [0.29, 0.717) is 40.3 Å². The average Bonchev–Trinajstić information content (AvgIpc) is 2.67. The molecule has 0 aliphatic carbocycles. The third-order valence-electron chi connectivity index (χ3n) is 3.89. The molecule has 0 fully saturated rings. The number of nitrogens with zero attached hydrogens (tertiary/aromatic N) is 2. The van der Waals surface area contributed by atoms with Crippen molar-refractivity contribution in [3.63, 3.8) is 0 Å². The Morgan fingerprint density at radius 1 is 1.27 bits per heavy atom. The highest BCUT2D eigenvalue weighted by Crippen LogP contribution is 2.31. The van der Waals surface area contributed by atoms with Crippen molar-refractivity contribution in [2.24, 2.45) is 0 Å². The summed E-state index contributed by atoms with van der Waals surface area (Å²) in [6.45, 7) is 2.13. The van der Waals surface area contributed by atoms with Crippen LogP contribution < -0.4 is 15.0 Å². The zero-order valence-corrected chi connectivity index (χ0v) is 15.6. The number of ether oxygens (including phenoxy) is 3. The molecule has 1 aliphatic rings. The molecule has 0 amide bonds. The molecule has 136 valence electrons. The zero-order chi connectivity index (χ0) is 18.7. The minimum absolute atomic E-state index is 0.280. The van der Waals surface area contributed by atoms with E-state index in [4.69, 9.17) is 19.6 Å². The number of hydrogen-bond acceptors (Lipinski definition) is 7. The number of methoxy groups -OCH3 is 2. The van der Waals surface area contributed by atoms with Gasteiger partial charge >= 0.3 is 5.97 Å². The zero-order valence-electron chi connectivity index (χ0n) is 14.7. The Balaban J connectivity index is 2.03. The van der Waals surface area contributed by atoms with Gasteiger partial charge in [-0.1, -0.05) is 0 Å². The van der Waals surface area contributed by atoms with E-state index in [9.17, 15) is 4.79 Å². The Labute approximate surface area is 154 Å². The summed E-state index contributed by atoms with van der Waals surface area (Å²) in [5, 5.41) is 9.99. The largest absolute Gasteiger partial charge is 0.493 e. The van der Waals surface area contributed by atoms with Crippen LogP contribution in [0.3, 0.4) is 0 Å². The van der Waals surface area contributed by atoms with Gasteiger partial charge in [0.15, 0.2) is 11.5 Å². The van der Waals surface area contributed by atoms with Crippen molar-refractivity contribution in [3.05, 3.63) is 41.7 Å². The molecule has 3 rings (SSSR count). The van der Waals surface area contributed by atoms with Gasteiger partial charge in [0.1, 0.15) is 11.8 Å². The highest BCUT2D eigenvalue weighted by Gasteiger charge is 2.17. The lowest BCUT2D eigenvalue weighted by molar-refractivity contribution is -0.138. The van der Waals surface area contributed by atoms with E-state index in [0.717, 1.165) is 5.03 Å². The first kappa shape index (κ1) is 18.1. The number of nitrogens with one attached hydrogen (secondary N) is 1. The summed E-state index contributed by atoms with van der Waals surface area (Å²) in [6.07, 6.45) is 5.13. The highest BCUT2D eigenvalue weighted by atomic mass is 32.2. The SMILES string of the molecule is CCOC(=O)C1=CC=C(n2cnc3cc(OC)c(OC)cc3c2=N)SC1. The maximum atomic E-state index is 11.8. The van der Waals surface area contributed by atoms with E-state index in [1.807, 2.05) is 0 Å². The molecule has 0 atom stereocenters. The van der Waals surface area contributed by atoms with Gasteiger partial charge in [-0.15, -0.1) is 11.8 Å². The van der Waals surface area contributed by atoms with Gasteiger partial charge in [0, 0.05) is 22.8 Å². The van der Waals surface area contributed by atoms with Crippen molar-refractivity contribution in [2.75, 3.05) is 26.6 Å². The molecule has 8 heteroatoms. The van der Waals surface area contributed by atoms with Crippen molar-refractivity contribution < 1.29 is 19.0 Å². The number of aromatic nitrogens is 2. The Hall–Kier alpha value is -2.74. The van der Waals surface area contributed by atoms with E-state index in [-0.39, 0.29) is 11.5 Å². The molecule has 0 radical (unpaired) electrons. The molecule has 1 N–H and O–H groups in total. The van der Waals surface area contributed by atoms with Crippen LogP contribution in [0.5, 0.6) is 11.5 Å². The Kier molecular flexibility index (Phi) is 5.32. The number of thioether (sulfide) groups is 1. The van der Waals surface area contributed by atoms with Gasteiger partial charge in [-0.25, -0.2) is 9.78 Å². The predicted molar refractivity (Wildman–Crippen MR) is 100 cm³/mol. The fourth-order valence-electron chi connectivity index (χ4n) is 2.56. The first-order chi connectivity index (χ1) is 12.6. The van der Waals surface area contributed by atoms with Crippen LogP contribution in [-0.4, -0.2) is 42.1 Å². The fraction of sp³-hybridized carbons (Fsp3) is 0.278. The molecule has 0 spiro atoms. The maximum Gasteiger partial charge on any atom is 0.334 e. The lowest BCUT2D eigenvalue weighted by Crippen LogP contribution is -2.21. The second-order valence-electron chi connectivity index (χ2n) is 5.39. The Bertz CT molecular complexity index is 978. The molecule has 1 aliphatic heterocycles. The number of allylic oxidation sites excluding steroid dienone is 2. The summed E-state index contributed by atoms with van der Waals surface area (Å²) in [5.41, 5.74) is 1.53. The molecule has 0 bridgehead atoms.